The van der Waals surface area contributed by atoms with Gasteiger partial charge in [0.05, 0.1) is 5.39 Å². The third kappa shape index (κ3) is 3.06. The molecule has 2 heterocycles. The fraction of sp³-hybridized carbons (Fsp3) is 0.188. The van der Waals surface area contributed by atoms with Gasteiger partial charge >= 0.3 is 0 Å². The SMILES string of the molecule is C=N/C(=C\C(=C)C)Nc1cc2ccn(CC)c(=O)c2c(N)n1. The van der Waals surface area contributed by atoms with E-state index in [9.17, 15) is 4.79 Å². The molecule has 0 spiro atoms. The first-order chi connectivity index (χ1) is 10.5. The predicted molar refractivity (Wildman–Crippen MR) is 92.2 cm³/mol. The van der Waals surface area contributed by atoms with Crippen LogP contribution in [0.4, 0.5) is 11.6 Å². The molecule has 2 rings (SSSR count). The lowest BCUT2D eigenvalue weighted by Crippen LogP contribution is -2.20. The predicted octanol–water partition coefficient (Wildman–Crippen LogP) is 2.53. The van der Waals surface area contributed by atoms with E-state index in [1.165, 1.54) is 0 Å². The molecule has 2 aromatic heterocycles. The van der Waals surface area contributed by atoms with Crippen molar-refractivity contribution in [3.05, 3.63) is 52.7 Å². The van der Waals surface area contributed by atoms with E-state index >= 15 is 0 Å². The van der Waals surface area contributed by atoms with E-state index < -0.39 is 0 Å². The number of aliphatic imine (C=N–C) groups is 1. The van der Waals surface area contributed by atoms with Gasteiger partial charge in [0, 0.05) is 12.7 Å². The standard InChI is InChI=1S/C16H19N5O/c1-5-21-7-6-11-9-13(19-12(18-4)8-10(2)3)20-15(17)14(11)16(21)22/h6-9H,2,4-5H2,1,3H3,(H3,17,19,20)/b12-8+. The zero-order valence-electron chi connectivity index (χ0n) is 12.8. The number of nitrogens with one attached hydrogen (secondary N) is 1. The molecule has 3 N–H and O–H groups in total. The molecule has 22 heavy (non-hydrogen) atoms. The second kappa shape index (κ2) is 6.26. The van der Waals surface area contributed by atoms with Crippen molar-refractivity contribution in [2.75, 3.05) is 11.1 Å². The third-order valence-corrected chi connectivity index (χ3v) is 3.14. The number of allylic oxidation sites excluding steroid dienone is 2. The Morgan fingerprint density at radius 1 is 1.59 bits per heavy atom. The van der Waals surface area contributed by atoms with Crippen LogP contribution >= 0.6 is 0 Å². The van der Waals surface area contributed by atoms with Crippen molar-refractivity contribution in [1.29, 1.82) is 0 Å². The van der Waals surface area contributed by atoms with Gasteiger partial charge in [0.2, 0.25) is 0 Å². The van der Waals surface area contributed by atoms with E-state index in [0.717, 1.165) is 11.0 Å². The highest BCUT2D eigenvalue weighted by atomic mass is 16.1. The monoisotopic (exact) mass is 297 g/mol. The van der Waals surface area contributed by atoms with Gasteiger partial charge in [-0.3, -0.25) is 4.79 Å². The fourth-order valence-corrected chi connectivity index (χ4v) is 2.13. The number of aromatic nitrogens is 2. The number of pyridine rings is 2. The van der Waals surface area contributed by atoms with Gasteiger partial charge in [-0.25, -0.2) is 9.98 Å². The van der Waals surface area contributed by atoms with Crippen molar-refractivity contribution in [3.63, 3.8) is 0 Å². The number of anilines is 2. The Bertz CT molecular complexity index is 832. The molecule has 0 aromatic carbocycles. The highest BCUT2D eigenvalue weighted by Crippen LogP contribution is 2.20. The summed E-state index contributed by atoms with van der Waals surface area (Å²) < 4.78 is 1.59. The molecule has 2 aromatic rings. The van der Waals surface area contributed by atoms with Crippen molar-refractivity contribution in [2.24, 2.45) is 4.99 Å². The first-order valence-electron chi connectivity index (χ1n) is 6.87. The summed E-state index contributed by atoms with van der Waals surface area (Å²) in [7, 11) is 0. The smallest absolute Gasteiger partial charge is 0.262 e. The maximum atomic E-state index is 12.3. The lowest BCUT2D eigenvalue weighted by molar-refractivity contribution is 0.735. The number of nitrogen functional groups attached to an aromatic ring is 1. The Hall–Kier alpha value is -2.89. The molecule has 6 heteroatoms. The molecule has 114 valence electrons. The lowest BCUT2D eigenvalue weighted by Gasteiger charge is -2.10. The van der Waals surface area contributed by atoms with Crippen LogP contribution in [0, 0.1) is 0 Å². The van der Waals surface area contributed by atoms with Crippen LogP contribution < -0.4 is 16.6 Å². The molecule has 0 saturated heterocycles. The van der Waals surface area contributed by atoms with E-state index in [0.29, 0.717) is 23.6 Å². The molecular weight excluding hydrogens is 278 g/mol. The molecule has 0 aliphatic heterocycles. The highest BCUT2D eigenvalue weighted by Gasteiger charge is 2.09. The number of rotatable bonds is 5. The molecule has 0 bridgehead atoms. The van der Waals surface area contributed by atoms with Crippen molar-refractivity contribution >= 4 is 29.1 Å². The van der Waals surface area contributed by atoms with Gasteiger partial charge < -0.3 is 15.6 Å². The van der Waals surface area contributed by atoms with Crippen LogP contribution in [0.15, 0.2) is 52.2 Å². The zero-order valence-corrected chi connectivity index (χ0v) is 12.8. The summed E-state index contributed by atoms with van der Waals surface area (Å²) in [6.45, 7) is 11.6. The molecule has 0 aliphatic carbocycles. The quantitative estimate of drug-likeness (QED) is 0.656. The van der Waals surface area contributed by atoms with E-state index in [1.807, 2.05) is 19.9 Å². The Kier molecular flexibility index (Phi) is 4.41. The summed E-state index contributed by atoms with van der Waals surface area (Å²) >= 11 is 0. The van der Waals surface area contributed by atoms with Crippen molar-refractivity contribution in [3.8, 4) is 0 Å². The number of hydrogen-bond acceptors (Lipinski definition) is 5. The molecule has 6 nitrogen and oxygen atoms in total. The first-order valence-corrected chi connectivity index (χ1v) is 6.87. The number of hydrogen-bond donors (Lipinski definition) is 2. The van der Waals surface area contributed by atoms with Gasteiger partial charge in [0.25, 0.3) is 5.56 Å². The summed E-state index contributed by atoms with van der Waals surface area (Å²) in [5.41, 5.74) is 6.64. The van der Waals surface area contributed by atoms with Crippen LogP contribution in [0.1, 0.15) is 13.8 Å². The summed E-state index contributed by atoms with van der Waals surface area (Å²) in [5.74, 6) is 1.20. The minimum atomic E-state index is -0.143. The second-order valence-corrected chi connectivity index (χ2v) is 4.92. The molecule has 0 amide bonds. The van der Waals surface area contributed by atoms with Crippen molar-refractivity contribution < 1.29 is 0 Å². The average molecular weight is 297 g/mol. The van der Waals surface area contributed by atoms with Crippen LogP contribution in [0.25, 0.3) is 10.8 Å². The van der Waals surface area contributed by atoms with Crippen molar-refractivity contribution in [2.45, 2.75) is 20.4 Å². The molecule has 0 aliphatic rings. The van der Waals surface area contributed by atoms with Crippen LogP contribution in [0.2, 0.25) is 0 Å². The van der Waals surface area contributed by atoms with Gasteiger partial charge in [0.15, 0.2) is 0 Å². The van der Waals surface area contributed by atoms with E-state index in [-0.39, 0.29) is 11.4 Å². The molecule has 0 radical (unpaired) electrons. The van der Waals surface area contributed by atoms with Gasteiger partial charge in [-0.05, 0) is 44.2 Å². The fourth-order valence-electron chi connectivity index (χ4n) is 2.13. The minimum Gasteiger partial charge on any atom is -0.383 e. The first kappa shape index (κ1) is 15.5. The number of nitrogens with zero attached hydrogens (tertiary/aromatic N) is 3. The van der Waals surface area contributed by atoms with E-state index in [4.69, 9.17) is 5.73 Å². The Balaban J connectivity index is 2.53. The van der Waals surface area contributed by atoms with E-state index in [1.54, 1.807) is 22.9 Å². The summed E-state index contributed by atoms with van der Waals surface area (Å²) in [4.78, 5) is 20.4. The van der Waals surface area contributed by atoms with Crippen molar-refractivity contribution in [1.82, 2.24) is 9.55 Å². The van der Waals surface area contributed by atoms with E-state index in [2.05, 4.69) is 28.6 Å². The normalized spacial score (nSPS) is 11.5. The minimum absolute atomic E-state index is 0.143. The van der Waals surface area contributed by atoms with Gasteiger partial charge in [-0.1, -0.05) is 12.2 Å². The summed E-state index contributed by atoms with van der Waals surface area (Å²) in [6.07, 6.45) is 3.48. The van der Waals surface area contributed by atoms with Gasteiger partial charge in [0.1, 0.15) is 17.5 Å². The average Bonchev–Trinajstić information content (AvgIpc) is 2.46. The van der Waals surface area contributed by atoms with Crippen LogP contribution in [0.5, 0.6) is 0 Å². The molecule has 0 saturated carbocycles. The maximum absolute atomic E-state index is 12.3. The number of fused-ring (bicyclic) bond motifs is 1. The summed E-state index contributed by atoms with van der Waals surface area (Å²) in [5, 5.41) is 4.16. The Morgan fingerprint density at radius 3 is 2.91 bits per heavy atom. The summed E-state index contributed by atoms with van der Waals surface area (Å²) in [6, 6.07) is 3.59. The molecule has 0 fully saturated rings. The van der Waals surface area contributed by atoms with Crippen LogP contribution in [0.3, 0.4) is 0 Å². The van der Waals surface area contributed by atoms with Crippen LogP contribution in [-0.2, 0) is 6.54 Å². The number of aryl methyl sites for hydroxylation is 1. The Labute approximate surface area is 128 Å². The largest absolute Gasteiger partial charge is 0.383 e. The van der Waals surface area contributed by atoms with Gasteiger partial charge in [-0.2, -0.15) is 0 Å². The third-order valence-electron chi connectivity index (χ3n) is 3.14. The molecule has 0 atom stereocenters. The van der Waals surface area contributed by atoms with Crippen LogP contribution in [-0.4, -0.2) is 16.3 Å². The second-order valence-electron chi connectivity index (χ2n) is 4.92. The highest BCUT2D eigenvalue weighted by molar-refractivity contribution is 5.92. The zero-order chi connectivity index (χ0) is 16.3. The topological polar surface area (TPSA) is 85.3 Å². The molecule has 0 unspecified atom stereocenters. The van der Waals surface area contributed by atoms with Gasteiger partial charge in [-0.15, -0.1) is 0 Å². The lowest BCUT2D eigenvalue weighted by atomic mass is 10.2. The number of nitrogens with two attached hydrogens (primary N) is 1. The maximum Gasteiger partial charge on any atom is 0.262 e. The molecular formula is C16H19N5O. The Morgan fingerprint density at radius 2 is 2.32 bits per heavy atom.